The molecule has 4 rings (SSSR count). The minimum Gasteiger partial charge on any atom is -0.507 e. The number of hydrogen-bond acceptors (Lipinski definition) is 6. The topological polar surface area (TPSA) is 89.2 Å². The number of hydrogen-bond donors (Lipinski definition) is 1. The van der Waals surface area contributed by atoms with Gasteiger partial charge in [0.2, 0.25) is 0 Å². The van der Waals surface area contributed by atoms with E-state index >= 15 is 0 Å². The Kier molecular flexibility index (Phi) is 7.35. The van der Waals surface area contributed by atoms with E-state index in [9.17, 15) is 14.7 Å². The van der Waals surface area contributed by atoms with Crippen LogP contribution in [0.3, 0.4) is 0 Å². The van der Waals surface area contributed by atoms with Gasteiger partial charge in [-0.2, -0.15) is 0 Å². The molecule has 1 atom stereocenters. The van der Waals surface area contributed by atoms with Gasteiger partial charge in [-0.25, -0.2) is 0 Å². The molecule has 2 aromatic carbocycles. The Balaban J connectivity index is 1.74. The summed E-state index contributed by atoms with van der Waals surface area (Å²) < 4.78 is 16.6. The first kappa shape index (κ1) is 23.9. The molecule has 7 heteroatoms. The molecule has 1 saturated heterocycles. The van der Waals surface area contributed by atoms with Crippen LogP contribution in [0.25, 0.3) is 5.76 Å². The van der Waals surface area contributed by atoms with Crippen molar-refractivity contribution in [1.29, 1.82) is 0 Å². The molecule has 0 saturated carbocycles. The van der Waals surface area contributed by atoms with Gasteiger partial charge in [-0.05, 0) is 60.5 Å². The molecular weight excluding hydrogens is 446 g/mol. The van der Waals surface area contributed by atoms with E-state index in [1.165, 1.54) is 11.2 Å². The van der Waals surface area contributed by atoms with Crippen LogP contribution >= 0.6 is 0 Å². The zero-order valence-corrected chi connectivity index (χ0v) is 19.5. The average molecular weight is 474 g/mol. The van der Waals surface area contributed by atoms with E-state index in [1.807, 2.05) is 6.92 Å². The number of carbonyl (C=O) groups excluding carboxylic acids is 2. The molecule has 180 valence electrons. The van der Waals surface area contributed by atoms with Gasteiger partial charge in [0.1, 0.15) is 29.6 Å². The maximum Gasteiger partial charge on any atom is 0.296 e. The van der Waals surface area contributed by atoms with Gasteiger partial charge in [0.05, 0.1) is 31.0 Å². The van der Waals surface area contributed by atoms with Crippen LogP contribution in [0.1, 0.15) is 36.3 Å². The number of furan rings is 1. The van der Waals surface area contributed by atoms with E-state index in [2.05, 4.69) is 6.58 Å². The molecule has 1 aliphatic heterocycles. The fraction of sp³-hybridized carbons (Fsp3) is 0.214. The highest BCUT2D eigenvalue weighted by Crippen LogP contribution is 2.40. The second-order valence-electron chi connectivity index (χ2n) is 8.05. The number of aliphatic hydroxyl groups excluding tert-OH is 1. The van der Waals surface area contributed by atoms with Gasteiger partial charge in [-0.3, -0.25) is 9.59 Å². The number of rotatable bonds is 10. The Hall–Kier alpha value is -4.26. The molecule has 7 nitrogen and oxygen atoms in total. The molecule has 1 aromatic heterocycles. The van der Waals surface area contributed by atoms with Crippen molar-refractivity contribution < 1.29 is 28.6 Å². The van der Waals surface area contributed by atoms with Gasteiger partial charge in [-0.15, -0.1) is 0 Å². The van der Waals surface area contributed by atoms with Gasteiger partial charge < -0.3 is 23.9 Å². The van der Waals surface area contributed by atoms with Crippen LogP contribution in [-0.2, 0) is 16.1 Å². The van der Waals surface area contributed by atoms with E-state index in [4.69, 9.17) is 13.9 Å². The highest BCUT2D eigenvalue weighted by Gasteiger charge is 2.46. The van der Waals surface area contributed by atoms with Crippen LogP contribution in [0.4, 0.5) is 0 Å². The van der Waals surface area contributed by atoms with Crippen molar-refractivity contribution in [2.45, 2.75) is 25.9 Å². The summed E-state index contributed by atoms with van der Waals surface area (Å²) in [5.74, 6) is 0.107. The van der Waals surface area contributed by atoms with Crippen molar-refractivity contribution in [1.82, 2.24) is 4.90 Å². The maximum absolute atomic E-state index is 13.2. The predicted molar refractivity (Wildman–Crippen MR) is 131 cm³/mol. The Morgan fingerprint density at radius 2 is 1.74 bits per heavy atom. The van der Waals surface area contributed by atoms with Crippen LogP contribution in [0, 0.1) is 0 Å². The number of Topliss-reactive ketones (excluding diaryl/α,β-unsaturated/α-hetero) is 1. The summed E-state index contributed by atoms with van der Waals surface area (Å²) in [6.45, 7) is 6.66. The van der Waals surface area contributed by atoms with Crippen molar-refractivity contribution in [3.05, 3.63) is 102 Å². The largest absolute Gasteiger partial charge is 0.507 e. The Morgan fingerprint density at radius 3 is 2.37 bits per heavy atom. The van der Waals surface area contributed by atoms with Crippen LogP contribution in [0.15, 0.2) is 89.6 Å². The highest BCUT2D eigenvalue weighted by atomic mass is 16.5. The first-order valence-corrected chi connectivity index (χ1v) is 11.4. The lowest BCUT2D eigenvalue weighted by molar-refractivity contribution is -0.140. The lowest BCUT2D eigenvalue weighted by Crippen LogP contribution is -2.29. The van der Waals surface area contributed by atoms with Gasteiger partial charge in [0, 0.05) is 5.56 Å². The number of ketones is 1. The summed E-state index contributed by atoms with van der Waals surface area (Å²) >= 11 is 0. The van der Waals surface area contributed by atoms with Crippen molar-refractivity contribution >= 4 is 17.4 Å². The summed E-state index contributed by atoms with van der Waals surface area (Å²) in [7, 11) is 0. The first-order chi connectivity index (χ1) is 17.0. The van der Waals surface area contributed by atoms with Crippen LogP contribution in [0.5, 0.6) is 11.5 Å². The quantitative estimate of drug-likeness (QED) is 0.187. The molecular formula is C28H27NO6. The van der Waals surface area contributed by atoms with E-state index in [0.717, 1.165) is 6.42 Å². The summed E-state index contributed by atoms with van der Waals surface area (Å²) in [6, 6.07) is 16.5. The lowest BCUT2D eigenvalue weighted by Gasteiger charge is -2.24. The third kappa shape index (κ3) is 5.14. The van der Waals surface area contributed by atoms with E-state index in [-0.39, 0.29) is 17.9 Å². The predicted octanol–water partition coefficient (Wildman–Crippen LogP) is 5.26. The average Bonchev–Trinajstić information content (AvgIpc) is 3.49. The molecule has 35 heavy (non-hydrogen) atoms. The van der Waals surface area contributed by atoms with Gasteiger partial charge in [0.25, 0.3) is 11.7 Å². The summed E-state index contributed by atoms with van der Waals surface area (Å²) in [5, 5.41) is 11.2. The number of nitrogens with zero attached hydrogens (tertiary/aromatic N) is 1. The van der Waals surface area contributed by atoms with Gasteiger partial charge in [0.15, 0.2) is 0 Å². The second kappa shape index (κ2) is 10.8. The first-order valence-electron chi connectivity index (χ1n) is 11.4. The summed E-state index contributed by atoms with van der Waals surface area (Å²) in [4.78, 5) is 27.6. The monoisotopic (exact) mass is 473 g/mol. The molecule has 2 heterocycles. The Bertz CT molecular complexity index is 1210. The molecule has 1 N–H and O–H groups in total. The van der Waals surface area contributed by atoms with Crippen LogP contribution in [0.2, 0.25) is 0 Å². The molecule has 1 amide bonds. The zero-order valence-electron chi connectivity index (χ0n) is 19.5. The summed E-state index contributed by atoms with van der Waals surface area (Å²) in [6.07, 6.45) is 4.02. The normalized spacial score (nSPS) is 16.9. The fourth-order valence-corrected chi connectivity index (χ4v) is 3.95. The molecule has 1 aliphatic rings. The van der Waals surface area contributed by atoms with Crippen molar-refractivity contribution in [3.8, 4) is 11.5 Å². The van der Waals surface area contributed by atoms with Crippen molar-refractivity contribution in [3.63, 3.8) is 0 Å². The third-order valence-electron chi connectivity index (χ3n) is 5.61. The highest BCUT2D eigenvalue weighted by molar-refractivity contribution is 6.46. The van der Waals surface area contributed by atoms with Crippen LogP contribution in [-0.4, -0.2) is 34.9 Å². The van der Waals surface area contributed by atoms with Crippen molar-refractivity contribution in [2.24, 2.45) is 0 Å². The maximum atomic E-state index is 13.2. The smallest absolute Gasteiger partial charge is 0.296 e. The molecule has 0 radical (unpaired) electrons. The summed E-state index contributed by atoms with van der Waals surface area (Å²) in [5.41, 5.74) is 1.09. The fourth-order valence-electron chi connectivity index (χ4n) is 3.95. The number of ether oxygens (including phenoxy) is 2. The van der Waals surface area contributed by atoms with Gasteiger partial charge in [-0.1, -0.05) is 31.7 Å². The van der Waals surface area contributed by atoms with Gasteiger partial charge >= 0.3 is 0 Å². The lowest BCUT2D eigenvalue weighted by atomic mass is 9.95. The number of aliphatic hydroxyl groups is 1. The van der Waals surface area contributed by atoms with E-state index < -0.39 is 17.7 Å². The van der Waals surface area contributed by atoms with E-state index in [0.29, 0.717) is 41.6 Å². The molecule has 3 aromatic rings. The van der Waals surface area contributed by atoms with E-state index in [1.54, 1.807) is 66.7 Å². The number of carbonyl (C=O) groups is 2. The van der Waals surface area contributed by atoms with Crippen molar-refractivity contribution in [2.75, 3.05) is 13.2 Å². The standard InChI is InChI=1S/C28H27NO6/c1-3-15-33-21-11-7-19(8-12-21)25-24(26(30)20-9-13-22(14-10-20)34-16-4-2)27(31)28(32)29(25)18-23-6-5-17-35-23/h4-14,17,25,30H,2-3,15-16,18H2,1H3. The number of benzene rings is 2. The number of amides is 1. The minimum atomic E-state index is -0.794. The Labute approximate surface area is 203 Å². The molecule has 0 spiro atoms. The zero-order chi connectivity index (χ0) is 24.8. The minimum absolute atomic E-state index is 0.0172. The van der Waals surface area contributed by atoms with Crippen LogP contribution < -0.4 is 9.47 Å². The molecule has 0 bridgehead atoms. The molecule has 1 fully saturated rings. The Morgan fingerprint density at radius 1 is 1.06 bits per heavy atom. The number of likely N-dealkylation sites (tertiary alicyclic amines) is 1. The molecule has 0 aliphatic carbocycles. The second-order valence-corrected chi connectivity index (χ2v) is 8.05. The molecule has 1 unspecified atom stereocenters. The SMILES string of the molecule is C=CCOc1ccc(C(O)=C2C(=O)C(=O)N(Cc3ccco3)C2c2ccc(OCCC)cc2)cc1. The third-order valence-corrected chi connectivity index (χ3v) is 5.61.